The number of hydrogen-bond acceptors (Lipinski definition) is 3. The van der Waals surface area contributed by atoms with E-state index in [1.807, 2.05) is 6.07 Å². The van der Waals surface area contributed by atoms with Crippen LogP contribution in [0.2, 0.25) is 0 Å². The Balaban J connectivity index is 2.11. The smallest absolute Gasteiger partial charge is 0.257 e. The number of likely N-dealkylation sites (N-methyl/N-ethyl adjacent to an activating group) is 1. The molecule has 0 saturated carbocycles. The van der Waals surface area contributed by atoms with Crippen LogP contribution < -0.4 is 15.4 Å². The predicted octanol–water partition coefficient (Wildman–Crippen LogP) is 1.80. The topological polar surface area (TPSA) is 50.4 Å². The molecule has 104 valence electrons. The zero-order valence-corrected chi connectivity index (χ0v) is 11.7. The highest BCUT2D eigenvalue weighted by atomic mass is 16.5. The number of hydrogen-bond donors (Lipinski definition) is 2. The van der Waals surface area contributed by atoms with Crippen molar-refractivity contribution in [1.29, 1.82) is 0 Å². The van der Waals surface area contributed by atoms with E-state index in [1.165, 1.54) is 24.0 Å². The minimum Gasteiger partial charge on any atom is -0.484 e. The maximum absolute atomic E-state index is 11.2. The van der Waals surface area contributed by atoms with E-state index < -0.39 is 0 Å². The normalized spacial score (nSPS) is 17.7. The number of ether oxygens (including phenoxy) is 1. The molecule has 0 fully saturated rings. The van der Waals surface area contributed by atoms with E-state index in [1.54, 1.807) is 7.05 Å². The van der Waals surface area contributed by atoms with E-state index in [0.717, 1.165) is 18.7 Å². The number of rotatable bonds is 5. The summed E-state index contributed by atoms with van der Waals surface area (Å²) in [5, 5.41) is 6.06. The molecule has 1 aliphatic rings. The van der Waals surface area contributed by atoms with E-state index in [0.29, 0.717) is 6.04 Å². The Morgan fingerprint density at radius 3 is 3.05 bits per heavy atom. The fraction of sp³-hybridized carbons (Fsp3) is 0.533. The number of carbonyl (C=O) groups is 1. The van der Waals surface area contributed by atoms with Crippen molar-refractivity contribution in [1.82, 2.24) is 10.6 Å². The largest absolute Gasteiger partial charge is 0.484 e. The molecule has 1 aromatic carbocycles. The molecule has 0 saturated heterocycles. The number of fused-ring (bicyclic) bond motifs is 1. The summed E-state index contributed by atoms with van der Waals surface area (Å²) in [5.74, 6) is 0.660. The maximum atomic E-state index is 11.2. The molecule has 1 amide bonds. The Morgan fingerprint density at radius 1 is 1.47 bits per heavy atom. The molecule has 2 rings (SSSR count). The van der Waals surface area contributed by atoms with Crippen LogP contribution in [-0.4, -0.2) is 26.1 Å². The first-order valence-electron chi connectivity index (χ1n) is 6.94. The van der Waals surface area contributed by atoms with E-state index in [4.69, 9.17) is 4.74 Å². The van der Waals surface area contributed by atoms with Gasteiger partial charge in [0.2, 0.25) is 0 Å². The van der Waals surface area contributed by atoms with Gasteiger partial charge in [-0.15, -0.1) is 0 Å². The molecule has 0 aromatic heterocycles. The average Bonchev–Trinajstić information content (AvgIpc) is 2.45. The standard InChI is InChI=1S/C15H22N2O2/c1-3-17-14-6-4-5-11-7-8-12(9-13(11)14)19-10-15(18)16-2/h7-9,14,17H,3-6,10H2,1-2H3,(H,16,18). The van der Waals surface area contributed by atoms with E-state index in [-0.39, 0.29) is 12.5 Å². The van der Waals surface area contributed by atoms with Crippen LogP contribution in [0.5, 0.6) is 5.75 Å². The highest BCUT2D eigenvalue weighted by Gasteiger charge is 2.19. The first kappa shape index (κ1) is 13.9. The van der Waals surface area contributed by atoms with Crippen LogP contribution in [0.3, 0.4) is 0 Å². The Bertz CT molecular complexity index is 446. The molecule has 1 atom stereocenters. The lowest BCUT2D eigenvalue weighted by molar-refractivity contribution is -0.122. The Labute approximate surface area is 114 Å². The van der Waals surface area contributed by atoms with Gasteiger partial charge in [0.15, 0.2) is 6.61 Å². The van der Waals surface area contributed by atoms with Gasteiger partial charge in [0, 0.05) is 13.1 Å². The molecule has 1 aromatic rings. The first-order chi connectivity index (χ1) is 9.24. The van der Waals surface area contributed by atoms with E-state index in [2.05, 4.69) is 29.7 Å². The third-order valence-corrected chi connectivity index (χ3v) is 3.53. The Hall–Kier alpha value is -1.55. The lowest BCUT2D eigenvalue weighted by Gasteiger charge is -2.26. The van der Waals surface area contributed by atoms with Crippen molar-refractivity contribution >= 4 is 5.91 Å². The maximum Gasteiger partial charge on any atom is 0.257 e. The van der Waals surface area contributed by atoms with E-state index in [9.17, 15) is 4.79 Å². The summed E-state index contributed by atoms with van der Waals surface area (Å²) in [6.45, 7) is 3.16. The molecule has 0 radical (unpaired) electrons. The quantitative estimate of drug-likeness (QED) is 0.850. The average molecular weight is 262 g/mol. The molecule has 4 nitrogen and oxygen atoms in total. The summed E-state index contributed by atoms with van der Waals surface area (Å²) < 4.78 is 5.51. The monoisotopic (exact) mass is 262 g/mol. The molecule has 0 spiro atoms. The van der Waals surface area contributed by atoms with Crippen molar-refractivity contribution in [3.63, 3.8) is 0 Å². The van der Waals surface area contributed by atoms with Crippen LogP contribution in [0.15, 0.2) is 18.2 Å². The summed E-state index contributed by atoms with van der Waals surface area (Å²) in [6, 6.07) is 6.57. The van der Waals surface area contributed by atoms with Crippen molar-refractivity contribution < 1.29 is 9.53 Å². The Kier molecular flexibility index (Phi) is 4.80. The van der Waals surface area contributed by atoms with Crippen molar-refractivity contribution in [2.45, 2.75) is 32.2 Å². The first-order valence-corrected chi connectivity index (χ1v) is 6.94. The van der Waals surface area contributed by atoms with Crippen molar-refractivity contribution in [3.05, 3.63) is 29.3 Å². The van der Waals surface area contributed by atoms with Gasteiger partial charge in [0.05, 0.1) is 0 Å². The van der Waals surface area contributed by atoms with Gasteiger partial charge in [0.25, 0.3) is 5.91 Å². The SMILES string of the molecule is CCNC1CCCc2ccc(OCC(=O)NC)cc21. The summed E-state index contributed by atoms with van der Waals surface area (Å²) in [6.07, 6.45) is 3.52. The van der Waals surface area contributed by atoms with Gasteiger partial charge in [-0.2, -0.15) is 0 Å². The highest BCUT2D eigenvalue weighted by Crippen LogP contribution is 2.32. The minimum atomic E-state index is -0.110. The number of nitrogens with one attached hydrogen (secondary N) is 2. The zero-order chi connectivity index (χ0) is 13.7. The van der Waals surface area contributed by atoms with Crippen LogP contribution in [0.1, 0.15) is 36.9 Å². The van der Waals surface area contributed by atoms with E-state index >= 15 is 0 Å². The Morgan fingerprint density at radius 2 is 2.32 bits per heavy atom. The molecule has 2 N–H and O–H groups in total. The summed E-state index contributed by atoms with van der Waals surface area (Å²) in [7, 11) is 1.61. The third kappa shape index (κ3) is 3.47. The van der Waals surface area contributed by atoms with Crippen LogP contribution in [0, 0.1) is 0 Å². The van der Waals surface area contributed by atoms with Gasteiger partial charge >= 0.3 is 0 Å². The lowest BCUT2D eigenvalue weighted by Crippen LogP contribution is -2.26. The second-order valence-corrected chi connectivity index (χ2v) is 4.82. The van der Waals surface area contributed by atoms with Gasteiger partial charge in [0.1, 0.15) is 5.75 Å². The molecule has 0 bridgehead atoms. The fourth-order valence-electron chi connectivity index (χ4n) is 2.55. The van der Waals surface area contributed by atoms with Crippen molar-refractivity contribution in [2.75, 3.05) is 20.2 Å². The number of amides is 1. The number of aryl methyl sites for hydroxylation is 1. The molecule has 1 aliphatic carbocycles. The van der Waals surface area contributed by atoms with Crippen LogP contribution in [0.4, 0.5) is 0 Å². The van der Waals surface area contributed by atoms with Gasteiger partial charge in [-0.3, -0.25) is 4.79 Å². The molecule has 1 unspecified atom stereocenters. The second-order valence-electron chi connectivity index (χ2n) is 4.82. The highest BCUT2D eigenvalue weighted by molar-refractivity contribution is 5.77. The minimum absolute atomic E-state index is 0.0706. The third-order valence-electron chi connectivity index (χ3n) is 3.53. The van der Waals surface area contributed by atoms with Gasteiger partial charge < -0.3 is 15.4 Å². The predicted molar refractivity (Wildman–Crippen MR) is 75.4 cm³/mol. The van der Waals surface area contributed by atoms with Crippen molar-refractivity contribution in [2.24, 2.45) is 0 Å². The van der Waals surface area contributed by atoms with Crippen molar-refractivity contribution in [3.8, 4) is 5.75 Å². The molecule has 4 heteroatoms. The number of benzene rings is 1. The number of carbonyl (C=O) groups excluding carboxylic acids is 1. The van der Waals surface area contributed by atoms with Gasteiger partial charge in [-0.05, 0) is 49.1 Å². The van der Waals surface area contributed by atoms with Gasteiger partial charge in [-0.1, -0.05) is 13.0 Å². The molecular weight excluding hydrogens is 240 g/mol. The molecule has 0 heterocycles. The molecule has 19 heavy (non-hydrogen) atoms. The van der Waals surface area contributed by atoms with Crippen LogP contribution >= 0.6 is 0 Å². The zero-order valence-electron chi connectivity index (χ0n) is 11.7. The van der Waals surface area contributed by atoms with Crippen LogP contribution in [0.25, 0.3) is 0 Å². The van der Waals surface area contributed by atoms with Crippen LogP contribution in [-0.2, 0) is 11.2 Å². The molecule has 0 aliphatic heterocycles. The second kappa shape index (κ2) is 6.57. The summed E-state index contributed by atoms with van der Waals surface area (Å²) >= 11 is 0. The molecular formula is C15H22N2O2. The van der Waals surface area contributed by atoms with Gasteiger partial charge in [-0.25, -0.2) is 0 Å². The summed E-state index contributed by atoms with van der Waals surface area (Å²) in [5.41, 5.74) is 2.71. The summed E-state index contributed by atoms with van der Waals surface area (Å²) in [4.78, 5) is 11.2. The lowest BCUT2D eigenvalue weighted by atomic mass is 9.87. The fourth-order valence-corrected chi connectivity index (χ4v) is 2.55.